The fourth-order valence-electron chi connectivity index (χ4n) is 4.66. The lowest BCUT2D eigenvalue weighted by Crippen LogP contribution is -2.48. The first-order valence-electron chi connectivity index (χ1n) is 10.2. The van der Waals surface area contributed by atoms with E-state index in [0.29, 0.717) is 38.5 Å². The molecule has 8 heteroatoms. The van der Waals surface area contributed by atoms with Gasteiger partial charge in [-0.2, -0.15) is 0 Å². The third kappa shape index (κ3) is 6.17. The van der Waals surface area contributed by atoms with Crippen LogP contribution in [0.3, 0.4) is 0 Å². The van der Waals surface area contributed by atoms with Crippen LogP contribution < -0.4 is 10.0 Å². The van der Waals surface area contributed by atoms with E-state index in [4.69, 9.17) is 5.11 Å². The van der Waals surface area contributed by atoms with Crippen LogP contribution in [0.1, 0.15) is 78.1 Å². The largest absolute Gasteiger partial charge is 0.481 e. The lowest BCUT2D eigenvalue weighted by molar-refractivity contribution is -0.143. The van der Waals surface area contributed by atoms with E-state index in [-0.39, 0.29) is 29.7 Å². The van der Waals surface area contributed by atoms with Crippen molar-refractivity contribution >= 4 is 21.9 Å². The highest BCUT2D eigenvalue weighted by Crippen LogP contribution is 2.42. The summed E-state index contributed by atoms with van der Waals surface area (Å²) in [6.45, 7) is 3.66. The van der Waals surface area contributed by atoms with Gasteiger partial charge >= 0.3 is 5.97 Å². The molecule has 2 fully saturated rings. The van der Waals surface area contributed by atoms with Gasteiger partial charge in [-0.3, -0.25) is 9.59 Å². The maximum Gasteiger partial charge on any atom is 0.306 e. The summed E-state index contributed by atoms with van der Waals surface area (Å²) in [4.78, 5) is 24.2. The maximum atomic E-state index is 13.1. The van der Waals surface area contributed by atoms with E-state index in [0.717, 1.165) is 25.7 Å². The molecule has 1 atom stereocenters. The number of aliphatic carboxylic acids is 1. The van der Waals surface area contributed by atoms with Crippen LogP contribution >= 0.6 is 0 Å². The molecule has 2 aliphatic carbocycles. The first kappa shape index (κ1) is 22.1. The second-order valence-corrected chi connectivity index (χ2v) is 10.3. The number of carbonyl (C=O) groups is 2. The molecule has 0 radical (unpaired) electrons. The number of carboxylic acids is 1. The van der Waals surface area contributed by atoms with Gasteiger partial charge in [-0.1, -0.05) is 19.8 Å². The SMILES string of the molecule is CCCS(=O)(=O)NC(C)CC1(C(=O)NC2CCC(C(=O)O)CC2)CCCC1. The van der Waals surface area contributed by atoms with Crippen LogP contribution in [0.2, 0.25) is 0 Å². The number of rotatable bonds is 9. The van der Waals surface area contributed by atoms with E-state index < -0.39 is 21.4 Å². The zero-order chi connectivity index (χ0) is 20.1. The van der Waals surface area contributed by atoms with Gasteiger partial charge in [0.25, 0.3) is 0 Å². The van der Waals surface area contributed by atoms with Crippen LogP contribution in [0.4, 0.5) is 0 Å². The molecule has 0 aromatic carbocycles. The molecule has 0 aromatic rings. The number of hydrogen-bond acceptors (Lipinski definition) is 4. The number of carbonyl (C=O) groups excluding carboxylic acids is 1. The predicted molar refractivity (Wildman–Crippen MR) is 104 cm³/mol. The number of amides is 1. The van der Waals surface area contributed by atoms with Gasteiger partial charge in [-0.25, -0.2) is 13.1 Å². The lowest BCUT2D eigenvalue weighted by atomic mass is 9.78. The second-order valence-electron chi connectivity index (χ2n) is 8.39. The highest BCUT2D eigenvalue weighted by Gasteiger charge is 2.43. The van der Waals surface area contributed by atoms with Gasteiger partial charge in [0.15, 0.2) is 0 Å². The summed E-state index contributed by atoms with van der Waals surface area (Å²) in [5, 5.41) is 12.3. The molecule has 156 valence electrons. The van der Waals surface area contributed by atoms with Crippen molar-refractivity contribution in [1.29, 1.82) is 0 Å². The molecule has 0 bridgehead atoms. The molecule has 0 aliphatic heterocycles. The standard InChI is InChI=1S/C19H34N2O5S/c1-3-12-27(25,26)21-14(2)13-19(10-4-5-11-19)18(24)20-16-8-6-15(7-9-16)17(22)23/h14-16,21H,3-13H2,1-2H3,(H,20,24)(H,22,23). The topological polar surface area (TPSA) is 113 Å². The van der Waals surface area contributed by atoms with Crippen molar-refractivity contribution in [1.82, 2.24) is 10.0 Å². The normalized spacial score (nSPS) is 26.4. The number of nitrogens with one attached hydrogen (secondary N) is 2. The van der Waals surface area contributed by atoms with Crippen LogP contribution in [0.15, 0.2) is 0 Å². The summed E-state index contributed by atoms with van der Waals surface area (Å²) in [6.07, 6.45) is 7.17. The Labute approximate surface area is 162 Å². The van der Waals surface area contributed by atoms with Crippen LogP contribution in [0.25, 0.3) is 0 Å². The van der Waals surface area contributed by atoms with Gasteiger partial charge < -0.3 is 10.4 Å². The fraction of sp³-hybridized carbons (Fsp3) is 0.895. The third-order valence-corrected chi connectivity index (χ3v) is 7.71. The van der Waals surface area contributed by atoms with E-state index in [2.05, 4.69) is 10.0 Å². The van der Waals surface area contributed by atoms with E-state index in [1.165, 1.54) is 0 Å². The summed E-state index contributed by atoms with van der Waals surface area (Å²) in [5.74, 6) is -0.935. The molecule has 0 aromatic heterocycles. The fourth-order valence-corrected chi connectivity index (χ4v) is 6.01. The third-order valence-electron chi connectivity index (χ3n) is 6.00. The van der Waals surface area contributed by atoms with Crippen LogP contribution in [-0.4, -0.2) is 43.2 Å². The Balaban J connectivity index is 1.95. The molecule has 27 heavy (non-hydrogen) atoms. The minimum absolute atomic E-state index is 0.0142. The molecule has 0 saturated heterocycles. The van der Waals surface area contributed by atoms with Crippen LogP contribution in [0, 0.1) is 11.3 Å². The highest BCUT2D eigenvalue weighted by atomic mass is 32.2. The quantitative estimate of drug-likeness (QED) is 0.548. The van der Waals surface area contributed by atoms with Gasteiger partial charge in [0.1, 0.15) is 0 Å². The molecule has 2 rings (SSSR count). The average Bonchev–Trinajstić information content (AvgIpc) is 3.04. The molecule has 0 spiro atoms. The van der Waals surface area contributed by atoms with Gasteiger partial charge in [0.05, 0.1) is 17.1 Å². The molecule has 7 nitrogen and oxygen atoms in total. The molecule has 2 saturated carbocycles. The average molecular weight is 403 g/mol. The minimum Gasteiger partial charge on any atom is -0.481 e. The molecular weight excluding hydrogens is 368 g/mol. The molecule has 2 aliphatic rings. The first-order chi connectivity index (χ1) is 12.7. The predicted octanol–water partition coefficient (Wildman–Crippen LogP) is 2.41. The minimum atomic E-state index is -3.30. The molecule has 1 amide bonds. The van der Waals surface area contributed by atoms with Crippen LogP contribution in [0.5, 0.6) is 0 Å². The van der Waals surface area contributed by atoms with Crippen molar-refractivity contribution in [2.45, 2.75) is 90.1 Å². The lowest BCUT2D eigenvalue weighted by Gasteiger charge is -2.34. The van der Waals surface area contributed by atoms with Crippen molar-refractivity contribution in [2.24, 2.45) is 11.3 Å². The zero-order valence-electron chi connectivity index (χ0n) is 16.5. The highest BCUT2D eigenvalue weighted by molar-refractivity contribution is 7.89. The Kier molecular flexibility index (Phi) is 7.68. The van der Waals surface area contributed by atoms with E-state index in [1.54, 1.807) is 0 Å². The van der Waals surface area contributed by atoms with E-state index in [1.807, 2.05) is 13.8 Å². The smallest absolute Gasteiger partial charge is 0.306 e. The Morgan fingerprint density at radius 2 is 1.74 bits per heavy atom. The van der Waals surface area contributed by atoms with E-state index >= 15 is 0 Å². The first-order valence-corrected chi connectivity index (χ1v) is 11.9. The summed E-state index contributed by atoms with van der Waals surface area (Å²) >= 11 is 0. The van der Waals surface area contributed by atoms with E-state index in [9.17, 15) is 18.0 Å². The summed E-state index contributed by atoms with van der Waals surface area (Å²) in [6, 6.07) is -0.259. The van der Waals surface area contributed by atoms with Crippen molar-refractivity contribution < 1.29 is 23.1 Å². The second kappa shape index (κ2) is 9.37. The number of carboxylic acid groups (broad SMARTS) is 1. The van der Waals surface area contributed by atoms with Crippen molar-refractivity contribution in [2.75, 3.05) is 5.75 Å². The number of hydrogen-bond donors (Lipinski definition) is 3. The van der Waals surface area contributed by atoms with Gasteiger partial charge in [0, 0.05) is 12.1 Å². The Bertz CT molecular complexity index is 620. The molecule has 3 N–H and O–H groups in total. The van der Waals surface area contributed by atoms with Crippen molar-refractivity contribution in [3.05, 3.63) is 0 Å². The van der Waals surface area contributed by atoms with Gasteiger partial charge in [0.2, 0.25) is 15.9 Å². The van der Waals surface area contributed by atoms with Crippen LogP contribution in [-0.2, 0) is 19.6 Å². The summed E-state index contributed by atoms with van der Waals surface area (Å²) < 4.78 is 26.8. The van der Waals surface area contributed by atoms with Gasteiger partial charge in [-0.05, 0) is 58.3 Å². The Morgan fingerprint density at radius 3 is 2.26 bits per heavy atom. The zero-order valence-corrected chi connectivity index (χ0v) is 17.3. The van der Waals surface area contributed by atoms with Gasteiger partial charge in [-0.15, -0.1) is 0 Å². The molecule has 1 unspecified atom stereocenters. The summed E-state index contributed by atoms with van der Waals surface area (Å²) in [5.41, 5.74) is -0.516. The maximum absolute atomic E-state index is 13.1. The summed E-state index contributed by atoms with van der Waals surface area (Å²) in [7, 11) is -3.30. The Morgan fingerprint density at radius 1 is 1.15 bits per heavy atom. The molecule has 0 heterocycles. The monoisotopic (exact) mass is 402 g/mol. The Hall–Kier alpha value is -1.15. The van der Waals surface area contributed by atoms with Crippen molar-refractivity contribution in [3.8, 4) is 0 Å². The van der Waals surface area contributed by atoms with Crippen molar-refractivity contribution in [3.63, 3.8) is 0 Å². The molecular formula is C19H34N2O5S. The number of sulfonamides is 1.